The molecular formula is C24H29ClN6O. The Hall–Kier alpha value is -2.64. The third-order valence-corrected chi connectivity index (χ3v) is 6.93. The molecule has 1 saturated carbocycles. The van der Waals surface area contributed by atoms with Crippen LogP contribution in [0.3, 0.4) is 0 Å². The number of nitrogens with one attached hydrogen (secondary N) is 4. The zero-order chi connectivity index (χ0) is 21.9. The van der Waals surface area contributed by atoms with Gasteiger partial charge >= 0.3 is 0 Å². The summed E-state index contributed by atoms with van der Waals surface area (Å²) in [5, 5.41) is 11.7. The van der Waals surface area contributed by atoms with Gasteiger partial charge in [0.15, 0.2) is 0 Å². The Labute approximate surface area is 192 Å². The third kappa shape index (κ3) is 4.59. The number of H-pyrrole nitrogens is 1. The molecule has 1 amide bonds. The van der Waals surface area contributed by atoms with Crippen molar-refractivity contribution in [3.63, 3.8) is 0 Å². The first-order valence-electron chi connectivity index (χ1n) is 11.5. The van der Waals surface area contributed by atoms with Crippen LogP contribution in [0, 0.1) is 5.92 Å². The van der Waals surface area contributed by atoms with E-state index < -0.39 is 0 Å². The molecule has 32 heavy (non-hydrogen) atoms. The zero-order valence-corrected chi connectivity index (χ0v) is 18.8. The first-order valence-corrected chi connectivity index (χ1v) is 11.9. The molecule has 1 unspecified atom stereocenters. The van der Waals surface area contributed by atoms with E-state index in [1.807, 2.05) is 24.4 Å². The van der Waals surface area contributed by atoms with Crippen LogP contribution in [0.2, 0.25) is 5.02 Å². The van der Waals surface area contributed by atoms with Gasteiger partial charge in [0.05, 0.1) is 16.9 Å². The predicted molar refractivity (Wildman–Crippen MR) is 128 cm³/mol. The van der Waals surface area contributed by atoms with Gasteiger partial charge in [0.2, 0.25) is 11.9 Å². The molecule has 7 nitrogen and oxygen atoms in total. The van der Waals surface area contributed by atoms with E-state index >= 15 is 0 Å². The van der Waals surface area contributed by atoms with Crippen molar-refractivity contribution < 1.29 is 4.79 Å². The Bertz CT molecular complexity index is 1090. The molecule has 0 bridgehead atoms. The van der Waals surface area contributed by atoms with Crippen molar-refractivity contribution in [2.24, 2.45) is 5.92 Å². The zero-order valence-electron chi connectivity index (χ0n) is 18.0. The second kappa shape index (κ2) is 9.46. The molecule has 2 atom stereocenters. The van der Waals surface area contributed by atoms with Crippen LogP contribution in [0.25, 0.3) is 22.2 Å². The second-order valence-corrected chi connectivity index (χ2v) is 9.28. The van der Waals surface area contributed by atoms with E-state index in [0.717, 1.165) is 68.1 Å². The lowest BCUT2D eigenvalue weighted by molar-refractivity contribution is -0.126. The first kappa shape index (κ1) is 21.2. The van der Waals surface area contributed by atoms with Crippen molar-refractivity contribution in [3.8, 4) is 11.3 Å². The highest BCUT2D eigenvalue weighted by Crippen LogP contribution is 2.32. The Balaban J connectivity index is 1.27. The molecule has 1 aromatic carbocycles. The summed E-state index contributed by atoms with van der Waals surface area (Å²) in [7, 11) is 0. The smallest absolute Gasteiger partial charge is 0.223 e. The molecule has 2 aliphatic rings. The van der Waals surface area contributed by atoms with Crippen LogP contribution < -0.4 is 16.0 Å². The lowest BCUT2D eigenvalue weighted by atomic mass is 9.89. The first-order chi connectivity index (χ1) is 15.7. The van der Waals surface area contributed by atoms with Crippen molar-refractivity contribution in [2.45, 2.75) is 50.6 Å². The fourth-order valence-corrected chi connectivity index (χ4v) is 5.12. The van der Waals surface area contributed by atoms with Gasteiger partial charge in [-0.25, -0.2) is 9.97 Å². The largest absolute Gasteiger partial charge is 0.360 e. The van der Waals surface area contributed by atoms with Crippen molar-refractivity contribution in [1.82, 2.24) is 25.6 Å². The summed E-state index contributed by atoms with van der Waals surface area (Å²) in [6, 6.07) is 8.52. The minimum absolute atomic E-state index is 0.142. The number of piperidine rings is 1. The number of rotatable bonds is 5. The molecule has 2 aromatic heterocycles. The molecule has 1 aliphatic heterocycles. The molecule has 0 radical (unpaired) electrons. The van der Waals surface area contributed by atoms with Gasteiger partial charge in [0.1, 0.15) is 0 Å². The number of para-hydroxylation sites is 1. The number of amides is 1. The third-order valence-electron chi connectivity index (χ3n) is 6.65. The maximum absolute atomic E-state index is 12.7. The Kier molecular flexibility index (Phi) is 6.28. The molecule has 168 valence electrons. The lowest BCUT2D eigenvalue weighted by Crippen LogP contribution is -2.46. The highest BCUT2D eigenvalue weighted by molar-refractivity contribution is 6.33. The number of aromatic nitrogens is 3. The number of hydrogen-bond acceptors (Lipinski definition) is 5. The van der Waals surface area contributed by atoms with Crippen LogP contribution in [0.1, 0.15) is 38.5 Å². The fourth-order valence-electron chi connectivity index (χ4n) is 4.93. The van der Waals surface area contributed by atoms with Crippen LogP contribution in [-0.4, -0.2) is 46.0 Å². The summed E-state index contributed by atoms with van der Waals surface area (Å²) >= 11 is 6.47. The molecule has 3 heterocycles. The van der Waals surface area contributed by atoms with E-state index in [4.69, 9.17) is 16.6 Å². The van der Waals surface area contributed by atoms with Crippen LogP contribution >= 0.6 is 11.6 Å². The minimum atomic E-state index is 0.142. The number of fused-ring (bicyclic) bond motifs is 1. The number of benzene rings is 1. The van der Waals surface area contributed by atoms with E-state index in [1.165, 1.54) is 0 Å². The summed E-state index contributed by atoms with van der Waals surface area (Å²) in [4.78, 5) is 25.1. The monoisotopic (exact) mass is 452 g/mol. The lowest BCUT2D eigenvalue weighted by Gasteiger charge is -2.32. The fraction of sp³-hybridized carbons (Fsp3) is 0.458. The minimum Gasteiger partial charge on any atom is -0.360 e. The van der Waals surface area contributed by atoms with E-state index in [1.54, 1.807) is 6.20 Å². The summed E-state index contributed by atoms with van der Waals surface area (Å²) in [6.45, 7) is 1.86. The van der Waals surface area contributed by atoms with Crippen LogP contribution in [0.5, 0.6) is 0 Å². The molecule has 5 rings (SSSR count). The summed E-state index contributed by atoms with van der Waals surface area (Å²) in [5.74, 6) is 0.925. The van der Waals surface area contributed by atoms with Gasteiger partial charge < -0.3 is 20.9 Å². The summed E-state index contributed by atoms with van der Waals surface area (Å²) in [6.07, 6.45) is 9.46. The van der Waals surface area contributed by atoms with E-state index in [9.17, 15) is 4.79 Å². The number of aromatic amines is 1. The number of carbonyl (C=O) groups excluding carboxylic acids is 1. The topological polar surface area (TPSA) is 94.7 Å². The normalized spacial score (nSPS) is 22.0. The standard InChI is InChI=1S/C24H29ClN6O/c25-20-14-28-24(31-22(20)19-13-27-21-7-2-1-6-18(19)21)30-17-5-3-4-16(12-17)29-23(32)15-8-10-26-11-9-15/h1-2,6-7,13-17,26-27H,3-5,8-12H2,(H,29,32)(H,28,30,31)/t16-,17?/m1/s1. The van der Waals surface area contributed by atoms with Gasteiger partial charge in [-0.1, -0.05) is 29.8 Å². The van der Waals surface area contributed by atoms with Crippen LogP contribution in [0.4, 0.5) is 5.95 Å². The maximum atomic E-state index is 12.7. The number of hydrogen-bond donors (Lipinski definition) is 4. The van der Waals surface area contributed by atoms with Crippen molar-refractivity contribution >= 4 is 34.4 Å². The number of carbonyl (C=O) groups is 1. The Morgan fingerprint density at radius 2 is 1.91 bits per heavy atom. The number of halogens is 1. The highest BCUT2D eigenvalue weighted by Gasteiger charge is 2.27. The molecule has 1 saturated heterocycles. The van der Waals surface area contributed by atoms with Crippen LogP contribution in [0.15, 0.2) is 36.7 Å². The molecule has 0 spiro atoms. The van der Waals surface area contributed by atoms with E-state index in [2.05, 4.69) is 32.0 Å². The van der Waals surface area contributed by atoms with Gasteiger partial charge in [0.25, 0.3) is 0 Å². The predicted octanol–water partition coefficient (Wildman–Crippen LogP) is 4.12. The maximum Gasteiger partial charge on any atom is 0.223 e. The van der Waals surface area contributed by atoms with Gasteiger partial charge in [-0.3, -0.25) is 4.79 Å². The van der Waals surface area contributed by atoms with Crippen molar-refractivity contribution in [1.29, 1.82) is 0 Å². The van der Waals surface area contributed by atoms with Gasteiger partial charge in [-0.05, 0) is 57.7 Å². The van der Waals surface area contributed by atoms with Crippen LogP contribution in [-0.2, 0) is 4.79 Å². The van der Waals surface area contributed by atoms with Crippen molar-refractivity contribution in [3.05, 3.63) is 41.7 Å². The van der Waals surface area contributed by atoms with Gasteiger partial charge in [-0.15, -0.1) is 0 Å². The second-order valence-electron chi connectivity index (χ2n) is 8.88. The average molecular weight is 453 g/mol. The van der Waals surface area contributed by atoms with Gasteiger partial charge in [-0.2, -0.15) is 0 Å². The molecular weight excluding hydrogens is 424 g/mol. The quantitative estimate of drug-likeness (QED) is 0.467. The van der Waals surface area contributed by atoms with E-state index in [-0.39, 0.29) is 23.9 Å². The van der Waals surface area contributed by atoms with Crippen molar-refractivity contribution in [2.75, 3.05) is 18.4 Å². The Morgan fingerprint density at radius 1 is 1.09 bits per heavy atom. The molecule has 8 heteroatoms. The molecule has 4 N–H and O–H groups in total. The van der Waals surface area contributed by atoms with Gasteiger partial charge in [0, 0.05) is 40.7 Å². The Morgan fingerprint density at radius 3 is 2.78 bits per heavy atom. The molecule has 1 aliphatic carbocycles. The number of nitrogens with zero attached hydrogens (tertiary/aromatic N) is 2. The average Bonchev–Trinajstić information content (AvgIpc) is 3.25. The highest BCUT2D eigenvalue weighted by atomic mass is 35.5. The summed E-state index contributed by atoms with van der Waals surface area (Å²) in [5.41, 5.74) is 2.73. The summed E-state index contributed by atoms with van der Waals surface area (Å²) < 4.78 is 0. The SMILES string of the molecule is O=C(N[C@@H]1CCCC(Nc2ncc(Cl)c(-c3c[nH]c4ccccc34)n2)C1)C1CCNCC1. The van der Waals surface area contributed by atoms with E-state index in [0.29, 0.717) is 16.7 Å². The molecule has 2 fully saturated rings. The molecule has 3 aromatic rings. The number of anilines is 1.